The summed E-state index contributed by atoms with van der Waals surface area (Å²) in [6.07, 6.45) is 1.23. The maximum absolute atomic E-state index is 2.59. The summed E-state index contributed by atoms with van der Waals surface area (Å²) < 4.78 is 0. The van der Waals surface area contributed by atoms with Gasteiger partial charge in [-0.05, 0) is 44.7 Å². The number of benzene rings is 2. The highest BCUT2D eigenvalue weighted by Gasteiger charge is 2.06. The van der Waals surface area contributed by atoms with Gasteiger partial charge in [-0.25, -0.2) is 0 Å². The monoisotopic (exact) mass is 342 g/mol. The van der Waals surface area contributed by atoms with E-state index in [2.05, 4.69) is 84.6 Å². The molecule has 0 atom stereocenters. The molecule has 2 aromatic carbocycles. The molecule has 3 heteroatoms. The van der Waals surface area contributed by atoms with Gasteiger partial charge in [-0.2, -0.15) is 11.8 Å². The molecule has 24 heavy (non-hydrogen) atoms. The number of thioether (sulfide) groups is 1. The maximum atomic E-state index is 2.59. The molecule has 0 saturated heterocycles. The Morgan fingerprint density at radius 1 is 0.750 bits per heavy atom. The van der Waals surface area contributed by atoms with Gasteiger partial charge in [0.25, 0.3) is 0 Å². The summed E-state index contributed by atoms with van der Waals surface area (Å²) in [6, 6.07) is 21.6. The third kappa shape index (κ3) is 8.00. The van der Waals surface area contributed by atoms with E-state index in [1.54, 1.807) is 0 Å². The second-order valence-corrected chi connectivity index (χ2v) is 7.56. The fourth-order valence-electron chi connectivity index (χ4n) is 2.68. The van der Waals surface area contributed by atoms with Crippen LogP contribution in [0.1, 0.15) is 17.5 Å². The topological polar surface area (TPSA) is 6.48 Å². The van der Waals surface area contributed by atoms with Crippen LogP contribution in [0.5, 0.6) is 0 Å². The van der Waals surface area contributed by atoms with Gasteiger partial charge in [-0.1, -0.05) is 60.7 Å². The van der Waals surface area contributed by atoms with E-state index in [-0.39, 0.29) is 0 Å². The standard InChI is InChI=1S/C21H30N2S/c1-22(2)14-9-15-23(18-20-10-5-3-6-11-20)16-17-24-19-21-12-7-4-8-13-21/h3-8,10-13H,9,14-19H2,1-2H3. The molecule has 0 heterocycles. The Labute approximate surface area is 151 Å². The number of nitrogens with zero attached hydrogens (tertiary/aromatic N) is 2. The van der Waals surface area contributed by atoms with Gasteiger partial charge in [-0.3, -0.25) is 4.90 Å². The Morgan fingerprint density at radius 3 is 2.00 bits per heavy atom. The maximum Gasteiger partial charge on any atom is 0.0234 e. The van der Waals surface area contributed by atoms with Crippen molar-refractivity contribution in [1.82, 2.24) is 9.80 Å². The first-order valence-corrected chi connectivity index (χ1v) is 9.92. The van der Waals surface area contributed by atoms with Crippen LogP contribution in [-0.2, 0) is 12.3 Å². The predicted octanol–water partition coefficient (Wildman–Crippen LogP) is 4.37. The van der Waals surface area contributed by atoms with Gasteiger partial charge in [0.05, 0.1) is 0 Å². The molecule has 0 saturated carbocycles. The van der Waals surface area contributed by atoms with Gasteiger partial charge < -0.3 is 4.90 Å². The lowest BCUT2D eigenvalue weighted by Crippen LogP contribution is -2.29. The molecule has 0 spiro atoms. The summed E-state index contributed by atoms with van der Waals surface area (Å²) >= 11 is 2.03. The third-order valence-electron chi connectivity index (χ3n) is 3.99. The number of rotatable bonds is 11. The van der Waals surface area contributed by atoms with E-state index < -0.39 is 0 Å². The van der Waals surface area contributed by atoms with E-state index in [0.29, 0.717) is 0 Å². The van der Waals surface area contributed by atoms with Crippen molar-refractivity contribution >= 4 is 11.8 Å². The molecule has 0 bridgehead atoms. The van der Waals surface area contributed by atoms with Crippen LogP contribution in [0.25, 0.3) is 0 Å². The summed E-state index contributed by atoms with van der Waals surface area (Å²) in [6.45, 7) is 4.53. The molecule has 0 amide bonds. The van der Waals surface area contributed by atoms with E-state index in [0.717, 1.165) is 25.4 Å². The van der Waals surface area contributed by atoms with E-state index >= 15 is 0 Å². The first-order chi connectivity index (χ1) is 11.7. The highest BCUT2D eigenvalue weighted by Crippen LogP contribution is 2.13. The molecule has 0 unspecified atom stereocenters. The van der Waals surface area contributed by atoms with Gasteiger partial charge in [0.2, 0.25) is 0 Å². The fraction of sp³-hybridized carbons (Fsp3) is 0.429. The average Bonchev–Trinajstić information content (AvgIpc) is 2.60. The van der Waals surface area contributed by atoms with E-state index in [1.165, 1.54) is 29.8 Å². The van der Waals surface area contributed by atoms with Crippen molar-refractivity contribution < 1.29 is 0 Å². The Hall–Kier alpha value is -1.29. The highest BCUT2D eigenvalue weighted by molar-refractivity contribution is 7.98. The van der Waals surface area contributed by atoms with Crippen molar-refractivity contribution in [2.75, 3.05) is 39.5 Å². The largest absolute Gasteiger partial charge is 0.309 e. The van der Waals surface area contributed by atoms with Crippen LogP contribution in [-0.4, -0.2) is 49.3 Å². The molecule has 2 rings (SSSR count). The molecule has 0 fully saturated rings. The van der Waals surface area contributed by atoms with Crippen molar-refractivity contribution in [2.24, 2.45) is 0 Å². The summed E-state index contributed by atoms with van der Waals surface area (Å²) in [5, 5.41) is 0. The van der Waals surface area contributed by atoms with Crippen molar-refractivity contribution in [1.29, 1.82) is 0 Å². The van der Waals surface area contributed by atoms with E-state index in [9.17, 15) is 0 Å². The highest BCUT2D eigenvalue weighted by atomic mass is 32.2. The van der Waals surface area contributed by atoms with E-state index in [1.807, 2.05) is 11.8 Å². The van der Waals surface area contributed by atoms with Gasteiger partial charge >= 0.3 is 0 Å². The minimum Gasteiger partial charge on any atom is -0.309 e. The van der Waals surface area contributed by atoms with Crippen LogP contribution in [0.3, 0.4) is 0 Å². The van der Waals surface area contributed by atoms with Crippen molar-refractivity contribution in [2.45, 2.75) is 18.7 Å². The molecule has 2 aromatic rings. The molecule has 0 N–H and O–H groups in total. The molecular formula is C21H30N2S. The number of hydrogen-bond donors (Lipinski definition) is 0. The smallest absolute Gasteiger partial charge is 0.0234 e. The Kier molecular flexibility index (Phi) is 8.96. The second kappa shape index (κ2) is 11.3. The van der Waals surface area contributed by atoms with Crippen LogP contribution in [0.4, 0.5) is 0 Å². The zero-order chi connectivity index (χ0) is 17.0. The van der Waals surface area contributed by atoms with Crippen molar-refractivity contribution in [3.63, 3.8) is 0 Å². The molecule has 0 aliphatic carbocycles. The van der Waals surface area contributed by atoms with Gasteiger partial charge in [0.1, 0.15) is 0 Å². The average molecular weight is 343 g/mol. The molecule has 0 aromatic heterocycles. The molecule has 0 aliphatic heterocycles. The fourth-order valence-corrected chi connectivity index (χ4v) is 3.64. The SMILES string of the molecule is CN(C)CCCN(CCSCc1ccccc1)Cc1ccccc1. The zero-order valence-corrected chi connectivity index (χ0v) is 15.8. The van der Waals surface area contributed by atoms with Crippen LogP contribution >= 0.6 is 11.8 Å². The lowest BCUT2D eigenvalue weighted by atomic mass is 10.2. The van der Waals surface area contributed by atoms with Crippen LogP contribution in [0.15, 0.2) is 60.7 Å². The summed E-state index contributed by atoms with van der Waals surface area (Å²) in [5.74, 6) is 2.29. The minimum absolute atomic E-state index is 1.06. The first-order valence-electron chi connectivity index (χ1n) is 8.77. The van der Waals surface area contributed by atoms with Crippen LogP contribution < -0.4 is 0 Å². The van der Waals surface area contributed by atoms with Gasteiger partial charge in [-0.15, -0.1) is 0 Å². The third-order valence-corrected chi connectivity index (χ3v) is 5.00. The second-order valence-electron chi connectivity index (χ2n) is 6.46. The minimum atomic E-state index is 1.06. The number of hydrogen-bond acceptors (Lipinski definition) is 3. The molecule has 2 nitrogen and oxygen atoms in total. The van der Waals surface area contributed by atoms with Crippen molar-refractivity contribution in [3.8, 4) is 0 Å². The quantitative estimate of drug-likeness (QED) is 0.560. The molecular weight excluding hydrogens is 312 g/mol. The van der Waals surface area contributed by atoms with Crippen molar-refractivity contribution in [3.05, 3.63) is 71.8 Å². The normalized spacial score (nSPS) is 11.3. The Bertz CT molecular complexity index is 542. The lowest BCUT2D eigenvalue weighted by molar-refractivity contribution is 0.261. The first kappa shape index (κ1) is 19.0. The summed E-state index contributed by atoms with van der Waals surface area (Å²) in [5.41, 5.74) is 2.83. The Balaban J connectivity index is 1.76. The van der Waals surface area contributed by atoms with Crippen LogP contribution in [0, 0.1) is 0 Å². The Morgan fingerprint density at radius 2 is 1.38 bits per heavy atom. The van der Waals surface area contributed by atoms with E-state index in [4.69, 9.17) is 0 Å². The lowest BCUT2D eigenvalue weighted by Gasteiger charge is -2.23. The molecule has 0 radical (unpaired) electrons. The summed E-state index contributed by atoms with van der Waals surface area (Å²) in [7, 11) is 4.30. The predicted molar refractivity (Wildman–Crippen MR) is 107 cm³/mol. The van der Waals surface area contributed by atoms with Gasteiger partial charge in [0.15, 0.2) is 0 Å². The molecule has 0 aliphatic rings. The van der Waals surface area contributed by atoms with Gasteiger partial charge in [0, 0.05) is 24.6 Å². The van der Waals surface area contributed by atoms with Crippen LogP contribution in [0.2, 0.25) is 0 Å². The summed E-state index contributed by atoms with van der Waals surface area (Å²) in [4.78, 5) is 4.86. The molecule has 130 valence electrons. The zero-order valence-electron chi connectivity index (χ0n) is 15.0.